The van der Waals surface area contributed by atoms with Crippen LogP contribution in [0.2, 0.25) is 0 Å². The summed E-state index contributed by atoms with van der Waals surface area (Å²) in [6, 6.07) is 5.86. The fraction of sp³-hybridized carbons (Fsp3) is 0.500. The molecule has 1 rings (SSSR count). The molecular formula is C16H24N2O2. The van der Waals surface area contributed by atoms with E-state index in [0.29, 0.717) is 0 Å². The summed E-state index contributed by atoms with van der Waals surface area (Å²) in [5.74, 6) is -0.232. The second-order valence-electron chi connectivity index (χ2n) is 5.20. The fourth-order valence-corrected chi connectivity index (χ4v) is 2.03. The number of benzene rings is 1. The second-order valence-corrected chi connectivity index (χ2v) is 5.20. The van der Waals surface area contributed by atoms with E-state index >= 15 is 0 Å². The molecule has 0 heterocycles. The van der Waals surface area contributed by atoms with Crippen LogP contribution in [0.5, 0.6) is 0 Å². The minimum absolute atomic E-state index is 0.0665. The predicted octanol–water partition coefficient (Wildman–Crippen LogP) is 2.89. The second kappa shape index (κ2) is 7.08. The van der Waals surface area contributed by atoms with Gasteiger partial charge >= 0.3 is 0 Å². The van der Waals surface area contributed by atoms with Crippen molar-refractivity contribution >= 4 is 17.5 Å². The summed E-state index contributed by atoms with van der Waals surface area (Å²) < 4.78 is 0. The first kappa shape index (κ1) is 16.2. The first-order valence-electron chi connectivity index (χ1n) is 7.00. The third kappa shape index (κ3) is 4.08. The SMILES string of the molecule is CCC(C)N(CC(=O)Nc1cccc(C)c1C)C(C)=O. The van der Waals surface area contributed by atoms with Crippen LogP contribution in [0.1, 0.15) is 38.3 Å². The lowest BCUT2D eigenvalue weighted by Crippen LogP contribution is -2.42. The van der Waals surface area contributed by atoms with Crippen molar-refractivity contribution in [2.24, 2.45) is 0 Å². The number of hydrogen-bond acceptors (Lipinski definition) is 2. The zero-order chi connectivity index (χ0) is 15.3. The minimum atomic E-state index is -0.158. The van der Waals surface area contributed by atoms with Gasteiger partial charge in [-0.3, -0.25) is 9.59 Å². The zero-order valence-electron chi connectivity index (χ0n) is 13.0. The maximum Gasteiger partial charge on any atom is 0.244 e. The monoisotopic (exact) mass is 276 g/mol. The number of carbonyl (C=O) groups excluding carboxylic acids is 2. The molecule has 1 aromatic carbocycles. The average Bonchev–Trinajstić information content (AvgIpc) is 2.40. The van der Waals surface area contributed by atoms with Crippen molar-refractivity contribution in [2.45, 2.75) is 47.1 Å². The molecule has 0 saturated heterocycles. The van der Waals surface area contributed by atoms with Gasteiger partial charge < -0.3 is 10.2 Å². The number of anilines is 1. The molecule has 0 bridgehead atoms. The first-order valence-corrected chi connectivity index (χ1v) is 7.00. The summed E-state index contributed by atoms with van der Waals surface area (Å²) in [6.45, 7) is 9.53. The van der Waals surface area contributed by atoms with Crippen molar-refractivity contribution in [3.05, 3.63) is 29.3 Å². The standard InChI is InChI=1S/C16H24N2O2/c1-6-12(3)18(14(5)19)10-16(20)17-15-9-7-8-11(2)13(15)4/h7-9,12H,6,10H2,1-5H3,(H,17,20). The normalized spacial score (nSPS) is 11.8. The van der Waals surface area contributed by atoms with Crippen LogP contribution in [0.25, 0.3) is 0 Å². The highest BCUT2D eigenvalue weighted by Crippen LogP contribution is 2.18. The summed E-state index contributed by atoms with van der Waals surface area (Å²) >= 11 is 0. The molecule has 1 atom stereocenters. The Morgan fingerprint density at radius 1 is 1.30 bits per heavy atom. The molecular weight excluding hydrogens is 252 g/mol. The van der Waals surface area contributed by atoms with Crippen LogP contribution in [0, 0.1) is 13.8 Å². The van der Waals surface area contributed by atoms with Crippen LogP contribution in [-0.2, 0) is 9.59 Å². The molecule has 0 aliphatic rings. The fourth-order valence-electron chi connectivity index (χ4n) is 2.03. The molecule has 0 saturated carbocycles. The zero-order valence-corrected chi connectivity index (χ0v) is 13.0. The number of aryl methyl sites for hydroxylation is 1. The van der Waals surface area contributed by atoms with Gasteiger partial charge in [0.2, 0.25) is 11.8 Å². The molecule has 0 fully saturated rings. The van der Waals surface area contributed by atoms with Gasteiger partial charge in [0.1, 0.15) is 6.54 Å². The Labute approximate surface area is 121 Å². The van der Waals surface area contributed by atoms with E-state index in [9.17, 15) is 9.59 Å². The lowest BCUT2D eigenvalue weighted by atomic mass is 10.1. The van der Waals surface area contributed by atoms with Crippen LogP contribution in [0.4, 0.5) is 5.69 Å². The molecule has 110 valence electrons. The van der Waals surface area contributed by atoms with E-state index in [4.69, 9.17) is 0 Å². The average molecular weight is 276 g/mol. The van der Waals surface area contributed by atoms with Crippen LogP contribution in [0.3, 0.4) is 0 Å². The quantitative estimate of drug-likeness (QED) is 0.899. The summed E-state index contributed by atoms with van der Waals surface area (Å²) in [7, 11) is 0. The molecule has 0 spiro atoms. The molecule has 4 heteroatoms. The van der Waals surface area contributed by atoms with Gasteiger partial charge in [-0.15, -0.1) is 0 Å². The van der Waals surface area contributed by atoms with Crippen molar-refractivity contribution in [3.8, 4) is 0 Å². The molecule has 0 radical (unpaired) electrons. The third-order valence-electron chi connectivity index (χ3n) is 3.72. The number of amides is 2. The molecule has 1 N–H and O–H groups in total. The number of nitrogens with zero attached hydrogens (tertiary/aromatic N) is 1. The topological polar surface area (TPSA) is 49.4 Å². The van der Waals surface area contributed by atoms with E-state index < -0.39 is 0 Å². The highest BCUT2D eigenvalue weighted by atomic mass is 16.2. The van der Waals surface area contributed by atoms with Crippen molar-refractivity contribution in [2.75, 3.05) is 11.9 Å². The van der Waals surface area contributed by atoms with Gasteiger partial charge in [0, 0.05) is 18.7 Å². The highest BCUT2D eigenvalue weighted by Gasteiger charge is 2.18. The number of carbonyl (C=O) groups is 2. The van der Waals surface area contributed by atoms with Gasteiger partial charge in [0.05, 0.1) is 0 Å². The van der Waals surface area contributed by atoms with Gasteiger partial charge in [-0.25, -0.2) is 0 Å². The Balaban J connectivity index is 2.76. The smallest absolute Gasteiger partial charge is 0.244 e. The van der Waals surface area contributed by atoms with Crippen LogP contribution < -0.4 is 5.32 Å². The number of nitrogens with one attached hydrogen (secondary N) is 1. The maximum absolute atomic E-state index is 12.1. The van der Waals surface area contributed by atoms with Crippen molar-refractivity contribution < 1.29 is 9.59 Å². The molecule has 1 aromatic rings. The Morgan fingerprint density at radius 2 is 1.95 bits per heavy atom. The molecule has 0 aliphatic carbocycles. The summed E-state index contributed by atoms with van der Waals surface area (Å²) in [6.07, 6.45) is 0.830. The Kier molecular flexibility index (Phi) is 5.74. The highest BCUT2D eigenvalue weighted by molar-refractivity contribution is 5.95. The van der Waals surface area contributed by atoms with Crippen molar-refractivity contribution in [1.29, 1.82) is 0 Å². The van der Waals surface area contributed by atoms with E-state index in [-0.39, 0.29) is 24.4 Å². The van der Waals surface area contributed by atoms with Gasteiger partial charge in [-0.05, 0) is 44.4 Å². The molecule has 0 aliphatic heterocycles. The molecule has 1 unspecified atom stereocenters. The molecule has 0 aromatic heterocycles. The van der Waals surface area contributed by atoms with E-state index in [1.165, 1.54) is 6.92 Å². The van der Waals surface area contributed by atoms with Crippen LogP contribution >= 0.6 is 0 Å². The summed E-state index contributed by atoms with van der Waals surface area (Å²) in [4.78, 5) is 25.3. The van der Waals surface area contributed by atoms with Crippen molar-refractivity contribution in [1.82, 2.24) is 4.90 Å². The lowest BCUT2D eigenvalue weighted by Gasteiger charge is -2.26. The van der Waals surface area contributed by atoms with E-state index in [1.54, 1.807) is 4.90 Å². The third-order valence-corrected chi connectivity index (χ3v) is 3.72. The summed E-state index contributed by atoms with van der Waals surface area (Å²) in [5, 5.41) is 2.88. The van der Waals surface area contributed by atoms with Crippen LogP contribution in [0.15, 0.2) is 18.2 Å². The largest absolute Gasteiger partial charge is 0.331 e. The molecule has 20 heavy (non-hydrogen) atoms. The van der Waals surface area contributed by atoms with Gasteiger partial charge in [0.15, 0.2) is 0 Å². The Morgan fingerprint density at radius 3 is 2.50 bits per heavy atom. The number of rotatable bonds is 5. The van der Waals surface area contributed by atoms with Crippen LogP contribution in [-0.4, -0.2) is 29.3 Å². The molecule has 2 amide bonds. The van der Waals surface area contributed by atoms with Gasteiger partial charge in [0.25, 0.3) is 0 Å². The molecule has 4 nitrogen and oxygen atoms in total. The summed E-state index contributed by atoms with van der Waals surface area (Å²) in [5.41, 5.74) is 2.99. The minimum Gasteiger partial charge on any atom is -0.331 e. The van der Waals surface area contributed by atoms with Gasteiger partial charge in [-0.2, -0.15) is 0 Å². The number of hydrogen-bond donors (Lipinski definition) is 1. The Bertz CT molecular complexity index is 497. The maximum atomic E-state index is 12.1. The Hall–Kier alpha value is -1.84. The lowest BCUT2D eigenvalue weighted by molar-refractivity contribution is -0.134. The van der Waals surface area contributed by atoms with E-state index in [2.05, 4.69) is 5.32 Å². The first-order chi connectivity index (χ1) is 9.36. The van der Waals surface area contributed by atoms with E-state index in [1.807, 2.05) is 45.9 Å². The van der Waals surface area contributed by atoms with Crippen molar-refractivity contribution in [3.63, 3.8) is 0 Å². The van der Waals surface area contributed by atoms with Gasteiger partial charge in [-0.1, -0.05) is 19.1 Å². The predicted molar refractivity (Wildman–Crippen MR) is 81.7 cm³/mol. The van der Waals surface area contributed by atoms with E-state index in [0.717, 1.165) is 23.2 Å².